The number of benzene rings is 2. The monoisotopic (exact) mass is 319 g/mol. The van der Waals surface area contributed by atoms with Crippen molar-refractivity contribution in [2.45, 2.75) is 6.42 Å². The third kappa shape index (κ3) is 2.50. The molecule has 1 aliphatic heterocycles. The molecule has 120 valence electrons. The molecule has 0 unspecified atom stereocenters. The Hall–Kier alpha value is -3.21. The standard InChI is InChI=1S/C19H17N3O2/c20-16-11-12-10-15(24-13-6-2-1-3-7-13)14-8-4-5-9-23-18(14)17(12)19(21)22-16/h1-7,10-11H,8-9H2,(H4,20,21,22). The van der Waals surface area contributed by atoms with Gasteiger partial charge in [0.1, 0.15) is 35.5 Å². The van der Waals surface area contributed by atoms with Crippen LogP contribution in [0.25, 0.3) is 10.8 Å². The quantitative estimate of drug-likeness (QED) is 0.704. The minimum atomic E-state index is 0.370. The molecule has 24 heavy (non-hydrogen) atoms. The highest BCUT2D eigenvalue weighted by Gasteiger charge is 2.20. The van der Waals surface area contributed by atoms with Crippen LogP contribution in [0.1, 0.15) is 5.56 Å². The lowest BCUT2D eigenvalue weighted by molar-refractivity contribution is 0.364. The van der Waals surface area contributed by atoms with Gasteiger partial charge in [-0.2, -0.15) is 0 Å². The van der Waals surface area contributed by atoms with E-state index in [2.05, 4.69) is 11.1 Å². The molecular formula is C19H17N3O2. The SMILES string of the molecule is Nc1cc2cc(Oc3ccccc3)c3c(c2c(N)n1)OCC=CC3. The van der Waals surface area contributed by atoms with Gasteiger partial charge in [0, 0.05) is 5.56 Å². The van der Waals surface area contributed by atoms with Crippen molar-refractivity contribution in [3.05, 3.63) is 60.2 Å². The minimum absolute atomic E-state index is 0.370. The third-order valence-electron chi connectivity index (χ3n) is 3.97. The van der Waals surface area contributed by atoms with Crippen molar-refractivity contribution in [1.82, 2.24) is 4.98 Å². The molecule has 0 fully saturated rings. The van der Waals surface area contributed by atoms with Crippen molar-refractivity contribution in [2.24, 2.45) is 0 Å². The van der Waals surface area contributed by atoms with Crippen molar-refractivity contribution in [3.63, 3.8) is 0 Å². The van der Waals surface area contributed by atoms with E-state index >= 15 is 0 Å². The summed E-state index contributed by atoms with van der Waals surface area (Å²) in [7, 11) is 0. The number of hydrogen-bond acceptors (Lipinski definition) is 5. The lowest BCUT2D eigenvalue weighted by Gasteiger charge is -2.17. The number of para-hydroxylation sites is 1. The van der Waals surface area contributed by atoms with Gasteiger partial charge in [0.25, 0.3) is 0 Å². The molecule has 0 bridgehead atoms. The smallest absolute Gasteiger partial charge is 0.138 e. The Kier molecular flexibility index (Phi) is 3.46. The topological polar surface area (TPSA) is 83.4 Å². The van der Waals surface area contributed by atoms with Crippen molar-refractivity contribution < 1.29 is 9.47 Å². The number of nitrogens with zero attached hydrogens (tertiary/aromatic N) is 1. The van der Waals surface area contributed by atoms with Crippen molar-refractivity contribution >= 4 is 22.4 Å². The number of allylic oxidation sites excluding steroid dienone is 1. The number of anilines is 2. The highest BCUT2D eigenvalue weighted by molar-refractivity contribution is 6.00. The summed E-state index contributed by atoms with van der Waals surface area (Å²) in [6.07, 6.45) is 4.76. The van der Waals surface area contributed by atoms with E-state index in [1.54, 1.807) is 6.07 Å². The van der Waals surface area contributed by atoms with Crippen molar-refractivity contribution in [1.29, 1.82) is 0 Å². The fraction of sp³-hybridized carbons (Fsp3) is 0.105. The maximum Gasteiger partial charge on any atom is 0.138 e. The summed E-state index contributed by atoms with van der Waals surface area (Å²) in [5.74, 6) is 2.96. The summed E-state index contributed by atoms with van der Waals surface area (Å²) in [5, 5.41) is 1.63. The normalized spacial score (nSPS) is 13.2. The molecule has 0 saturated heterocycles. The summed E-state index contributed by atoms with van der Waals surface area (Å²) in [5.41, 5.74) is 12.9. The van der Waals surface area contributed by atoms with Gasteiger partial charge < -0.3 is 20.9 Å². The summed E-state index contributed by atoms with van der Waals surface area (Å²) in [6, 6.07) is 13.4. The van der Waals surface area contributed by atoms with E-state index < -0.39 is 0 Å². The Bertz CT molecular complexity index is 936. The van der Waals surface area contributed by atoms with Gasteiger partial charge in [0.2, 0.25) is 0 Å². The Morgan fingerprint density at radius 3 is 2.71 bits per heavy atom. The second-order valence-electron chi connectivity index (χ2n) is 5.61. The van der Waals surface area contributed by atoms with Crippen LogP contribution < -0.4 is 20.9 Å². The van der Waals surface area contributed by atoms with E-state index in [0.29, 0.717) is 30.4 Å². The number of ether oxygens (including phenoxy) is 2. The Morgan fingerprint density at radius 2 is 1.88 bits per heavy atom. The maximum absolute atomic E-state index is 6.10. The van der Waals surface area contributed by atoms with Crippen molar-refractivity contribution in [2.75, 3.05) is 18.1 Å². The zero-order valence-corrected chi connectivity index (χ0v) is 13.0. The lowest BCUT2D eigenvalue weighted by atomic mass is 10.0. The summed E-state index contributed by atoms with van der Waals surface area (Å²) < 4.78 is 12.0. The van der Waals surface area contributed by atoms with Crippen LogP contribution in [0.3, 0.4) is 0 Å². The molecule has 0 atom stereocenters. The molecule has 2 aromatic carbocycles. The molecule has 2 heterocycles. The van der Waals surface area contributed by atoms with Crippen LogP contribution in [0.15, 0.2) is 54.6 Å². The zero-order valence-electron chi connectivity index (χ0n) is 13.0. The molecule has 0 amide bonds. The summed E-state index contributed by atoms with van der Waals surface area (Å²) >= 11 is 0. The molecule has 4 N–H and O–H groups in total. The van der Waals surface area contributed by atoms with Crippen LogP contribution in [-0.4, -0.2) is 11.6 Å². The van der Waals surface area contributed by atoms with E-state index in [4.69, 9.17) is 20.9 Å². The minimum Gasteiger partial charge on any atom is -0.488 e. The van der Waals surface area contributed by atoms with Gasteiger partial charge in [0.15, 0.2) is 0 Å². The number of nitrogens with two attached hydrogens (primary N) is 2. The second kappa shape index (κ2) is 5.77. The molecule has 3 aromatic rings. The van der Waals surface area contributed by atoms with Gasteiger partial charge >= 0.3 is 0 Å². The van der Waals surface area contributed by atoms with Crippen LogP contribution >= 0.6 is 0 Å². The summed E-state index contributed by atoms with van der Waals surface area (Å²) in [6.45, 7) is 0.487. The highest BCUT2D eigenvalue weighted by atomic mass is 16.5. The number of fused-ring (bicyclic) bond motifs is 3. The first-order chi connectivity index (χ1) is 11.7. The Morgan fingerprint density at radius 1 is 1.04 bits per heavy atom. The summed E-state index contributed by atoms with van der Waals surface area (Å²) in [4.78, 5) is 4.17. The first-order valence-corrected chi connectivity index (χ1v) is 7.74. The van der Waals surface area contributed by atoms with Gasteiger partial charge in [-0.3, -0.25) is 0 Å². The van der Waals surface area contributed by atoms with Crippen LogP contribution in [0.5, 0.6) is 17.2 Å². The fourth-order valence-electron chi connectivity index (χ4n) is 2.92. The van der Waals surface area contributed by atoms with Crippen LogP contribution in [0.4, 0.5) is 11.6 Å². The van der Waals surface area contributed by atoms with E-state index in [0.717, 1.165) is 27.8 Å². The molecule has 1 aliphatic rings. The number of aromatic nitrogens is 1. The van der Waals surface area contributed by atoms with Crippen LogP contribution in [-0.2, 0) is 6.42 Å². The van der Waals surface area contributed by atoms with Gasteiger partial charge in [0.05, 0.1) is 5.39 Å². The Balaban J connectivity index is 1.95. The predicted octanol–water partition coefficient (Wildman–Crippen LogP) is 3.68. The molecule has 0 radical (unpaired) electrons. The van der Waals surface area contributed by atoms with Crippen LogP contribution in [0.2, 0.25) is 0 Å². The van der Waals surface area contributed by atoms with E-state index in [1.165, 1.54) is 0 Å². The molecule has 1 aromatic heterocycles. The zero-order chi connectivity index (χ0) is 16.5. The molecule has 4 rings (SSSR count). The molecule has 0 spiro atoms. The largest absolute Gasteiger partial charge is 0.488 e. The van der Waals surface area contributed by atoms with Crippen molar-refractivity contribution in [3.8, 4) is 17.2 Å². The Labute approximate surface area is 139 Å². The van der Waals surface area contributed by atoms with Gasteiger partial charge in [-0.1, -0.05) is 30.4 Å². The number of nitrogen functional groups attached to an aromatic ring is 2. The molecule has 5 heteroatoms. The van der Waals surface area contributed by atoms with Crippen LogP contribution in [0, 0.1) is 0 Å². The first kappa shape index (κ1) is 14.4. The van der Waals surface area contributed by atoms with Gasteiger partial charge in [-0.15, -0.1) is 0 Å². The highest BCUT2D eigenvalue weighted by Crippen LogP contribution is 2.42. The molecule has 0 saturated carbocycles. The third-order valence-corrected chi connectivity index (χ3v) is 3.97. The van der Waals surface area contributed by atoms with E-state index in [1.807, 2.05) is 42.5 Å². The number of rotatable bonds is 2. The van der Waals surface area contributed by atoms with E-state index in [-0.39, 0.29) is 0 Å². The molecular weight excluding hydrogens is 302 g/mol. The van der Waals surface area contributed by atoms with E-state index in [9.17, 15) is 0 Å². The average Bonchev–Trinajstić information content (AvgIpc) is 2.81. The maximum atomic E-state index is 6.10. The predicted molar refractivity (Wildman–Crippen MR) is 95.4 cm³/mol. The lowest BCUT2D eigenvalue weighted by Crippen LogP contribution is -2.03. The molecule has 5 nitrogen and oxygen atoms in total. The molecule has 0 aliphatic carbocycles. The van der Waals surface area contributed by atoms with Gasteiger partial charge in [-0.25, -0.2) is 4.98 Å². The fourth-order valence-corrected chi connectivity index (χ4v) is 2.92. The average molecular weight is 319 g/mol. The first-order valence-electron chi connectivity index (χ1n) is 7.74. The number of hydrogen-bond donors (Lipinski definition) is 2. The van der Waals surface area contributed by atoms with Gasteiger partial charge in [-0.05, 0) is 36.1 Å². The number of pyridine rings is 1. The second-order valence-corrected chi connectivity index (χ2v) is 5.61.